The van der Waals surface area contributed by atoms with E-state index in [-0.39, 0.29) is 12.4 Å². The highest BCUT2D eigenvalue weighted by molar-refractivity contribution is 5.85. The minimum atomic E-state index is 0. The summed E-state index contributed by atoms with van der Waals surface area (Å²) in [7, 11) is 1.74. The third-order valence-electron chi connectivity index (χ3n) is 3.61. The molecule has 1 aliphatic rings. The van der Waals surface area contributed by atoms with Crippen LogP contribution in [0.3, 0.4) is 0 Å². The molecule has 0 spiro atoms. The highest BCUT2D eigenvalue weighted by Crippen LogP contribution is 2.25. The average molecular weight is 270 g/mol. The van der Waals surface area contributed by atoms with Crippen molar-refractivity contribution in [2.45, 2.75) is 45.1 Å². The Morgan fingerprint density at radius 2 is 2.17 bits per heavy atom. The molecular weight excluding hydrogens is 246 g/mol. The minimum absolute atomic E-state index is 0. The van der Waals surface area contributed by atoms with Crippen LogP contribution in [0.2, 0.25) is 0 Å². The first kappa shape index (κ1) is 15.3. The van der Waals surface area contributed by atoms with E-state index in [1.54, 1.807) is 7.11 Å². The summed E-state index contributed by atoms with van der Waals surface area (Å²) < 4.78 is 5.27. The molecule has 0 heterocycles. The highest BCUT2D eigenvalue weighted by atomic mass is 35.5. The van der Waals surface area contributed by atoms with Gasteiger partial charge in [-0.1, -0.05) is 19.4 Å². The molecule has 0 aliphatic heterocycles. The van der Waals surface area contributed by atoms with E-state index in [9.17, 15) is 0 Å². The van der Waals surface area contributed by atoms with Crippen LogP contribution in [0.5, 0.6) is 5.75 Å². The Balaban J connectivity index is 0.00000162. The molecule has 1 N–H and O–H groups in total. The number of nitrogens with one attached hydrogen (secondary N) is 1. The number of halogens is 1. The van der Waals surface area contributed by atoms with E-state index in [4.69, 9.17) is 4.74 Å². The van der Waals surface area contributed by atoms with Gasteiger partial charge in [0.15, 0.2) is 0 Å². The monoisotopic (exact) mass is 269 g/mol. The molecule has 3 heteroatoms. The number of unbranched alkanes of at least 4 members (excludes halogenated alkanes) is 1. The van der Waals surface area contributed by atoms with E-state index >= 15 is 0 Å². The topological polar surface area (TPSA) is 21.3 Å². The molecule has 102 valence electrons. The SMILES string of the molecule is CCCCNC1CCc2cc(OC)ccc2C1.Cl. The zero-order chi connectivity index (χ0) is 12.1. The first-order valence-electron chi connectivity index (χ1n) is 6.72. The summed E-state index contributed by atoms with van der Waals surface area (Å²) >= 11 is 0. The first-order chi connectivity index (χ1) is 8.33. The van der Waals surface area contributed by atoms with Crippen LogP contribution >= 0.6 is 12.4 Å². The van der Waals surface area contributed by atoms with E-state index in [0.29, 0.717) is 6.04 Å². The molecule has 1 aliphatic carbocycles. The Morgan fingerprint density at radius 3 is 2.89 bits per heavy atom. The number of aryl methyl sites for hydroxylation is 1. The average Bonchev–Trinajstić information content (AvgIpc) is 2.38. The Labute approximate surface area is 117 Å². The predicted molar refractivity (Wildman–Crippen MR) is 79.0 cm³/mol. The second-order valence-electron chi connectivity index (χ2n) is 4.88. The van der Waals surface area contributed by atoms with Crippen LogP contribution in [-0.4, -0.2) is 19.7 Å². The van der Waals surface area contributed by atoms with Crippen molar-refractivity contribution in [1.29, 1.82) is 0 Å². The van der Waals surface area contributed by atoms with E-state index in [0.717, 1.165) is 12.3 Å². The van der Waals surface area contributed by atoms with Gasteiger partial charge in [0, 0.05) is 6.04 Å². The lowest BCUT2D eigenvalue weighted by molar-refractivity contribution is 0.411. The summed E-state index contributed by atoms with van der Waals surface area (Å²) in [4.78, 5) is 0. The Kier molecular flexibility index (Phi) is 6.51. The zero-order valence-electron chi connectivity index (χ0n) is 11.4. The van der Waals surface area contributed by atoms with E-state index < -0.39 is 0 Å². The molecule has 0 bridgehead atoms. The van der Waals surface area contributed by atoms with Gasteiger partial charge in [-0.25, -0.2) is 0 Å². The molecule has 1 atom stereocenters. The third kappa shape index (κ3) is 3.89. The number of hydrogen-bond acceptors (Lipinski definition) is 2. The van der Waals surface area contributed by atoms with Crippen molar-refractivity contribution in [2.24, 2.45) is 0 Å². The number of ether oxygens (including phenoxy) is 1. The lowest BCUT2D eigenvalue weighted by Gasteiger charge is -2.26. The van der Waals surface area contributed by atoms with Crippen molar-refractivity contribution in [3.8, 4) is 5.75 Å². The predicted octanol–water partition coefficient (Wildman–Crippen LogP) is 3.36. The van der Waals surface area contributed by atoms with Crippen LogP contribution in [0.1, 0.15) is 37.3 Å². The normalized spacial score (nSPS) is 17.8. The fraction of sp³-hybridized carbons (Fsp3) is 0.600. The Hall–Kier alpha value is -0.730. The molecule has 1 unspecified atom stereocenters. The van der Waals surface area contributed by atoms with Gasteiger partial charge in [-0.3, -0.25) is 0 Å². The molecule has 2 rings (SSSR count). The maximum atomic E-state index is 5.27. The number of rotatable bonds is 5. The summed E-state index contributed by atoms with van der Waals surface area (Å²) in [5, 5.41) is 3.66. The fourth-order valence-electron chi connectivity index (χ4n) is 2.52. The van der Waals surface area contributed by atoms with E-state index in [1.165, 1.54) is 43.2 Å². The molecule has 0 amide bonds. The van der Waals surface area contributed by atoms with Gasteiger partial charge in [-0.15, -0.1) is 12.4 Å². The lowest BCUT2D eigenvalue weighted by atomic mass is 9.88. The largest absolute Gasteiger partial charge is 0.497 e. The van der Waals surface area contributed by atoms with Crippen LogP contribution in [0.15, 0.2) is 18.2 Å². The second kappa shape index (κ2) is 7.65. The number of fused-ring (bicyclic) bond motifs is 1. The molecule has 0 fully saturated rings. The van der Waals surface area contributed by atoms with Crippen LogP contribution in [-0.2, 0) is 12.8 Å². The summed E-state index contributed by atoms with van der Waals surface area (Å²) in [6.45, 7) is 3.40. The van der Waals surface area contributed by atoms with Gasteiger partial charge in [0.25, 0.3) is 0 Å². The van der Waals surface area contributed by atoms with Gasteiger partial charge in [0.2, 0.25) is 0 Å². The summed E-state index contributed by atoms with van der Waals surface area (Å²) in [6.07, 6.45) is 6.16. The molecule has 2 nitrogen and oxygen atoms in total. The molecule has 1 aromatic rings. The van der Waals surface area contributed by atoms with Crippen LogP contribution in [0.4, 0.5) is 0 Å². The zero-order valence-corrected chi connectivity index (χ0v) is 12.2. The number of hydrogen-bond donors (Lipinski definition) is 1. The smallest absolute Gasteiger partial charge is 0.119 e. The van der Waals surface area contributed by atoms with Crippen molar-refractivity contribution < 1.29 is 4.74 Å². The molecule has 18 heavy (non-hydrogen) atoms. The third-order valence-corrected chi connectivity index (χ3v) is 3.61. The lowest BCUT2D eigenvalue weighted by Crippen LogP contribution is -2.35. The van der Waals surface area contributed by atoms with E-state index in [2.05, 4.69) is 30.4 Å². The van der Waals surface area contributed by atoms with Crippen molar-refractivity contribution >= 4 is 12.4 Å². The molecule has 0 saturated heterocycles. The molecular formula is C15H24ClNO. The van der Waals surface area contributed by atoms with E-state index in [1.807, 2.05) is 0 Å². The highest BCUT2D eigenvalue weighted by Gasteiger charge is 2.18. The fourth-order valence-corrected chi connectivity index (χ4v) is 2.52. The number of benzene rings is 1. The standard InChI is InChI=1S/C15H23NO.ClH/c1-3-4-9-16-14-7-5-13-11-15(17-2)8-6-12(13)10-14;/h6,8,11,14,16H,3-5,7,9-10H2,1-2H3;1H. The molecule has 0 saturated carbocycles. The maximum Gasteiger partial charge on any atom is 0.119 e. The van der Waals surface area contributed by atoms with Gasteiger partial charge in [-0.2, -0.15) is 0 Å². The summed E-state index contributed by atoms with van der Waals surface area (Å²) in [6, 6.07) is 7.16. The quantitative estimate of drug-likeness (QED) is 0.828. The Bertz CT molecular complexity index is 368. The van der Waals surface area contributed by atoms with Crippen molar-refractivity contribution in [3.63, 3.8) is 0 Å². The van der Waals surface area contributed by atoms with Crippen LogP contribution < -0.4 is 10.1 Å². The van der Waals surface area contributed by atoms with Gasteiger partial charge in [0.1, 0.15) is 5.75 Å². The summed E-state index contributed by atoms with van der Waals surface area (Å²) in [5.74, 6) is 0.987. The van der Waals surface area contributed by atoms with Gasteiger partial charge in [0.05, 0.1) is 7.11 Å². The van der Waals surface area contributed by atoms with Gasteiger partial charge >= 0.3 is 0 Å². The van der Waals surface area contributed by atoms with Crippen molar-refractivity contribution in [3.05, 3.63) is 29.3 Å². The van der Waals surface area contributed by atoms with Crippen LogP contribution in [0, 0.1) is 0 Å². The number of methoxy groups -OCH3 is 1. The molecule has 1 aromatic carbocycles. The second-order valence-corrected chi connectivity index (χ2v) is 4.88. The van der Waals surface area contributed by atoms with Gasteiger partial charge < -0.3 is 10.1 Å². The first-order valence-corrected chi connectivity index (χ1v) is 6.72. The summed E-state index contributed by atoms with van der Waals surface area (Å²) in [5.41, 5.74) is 2.96. The Morgan fingerprint density at radius 1 is 1.33 bits per heavy atom. The van der Waals surface area contributed by atoms with Crippen molar-refractivity contribution in [2.75, 3.05) is 13.7 Å². The van der Waals surface area contributed by atoms with Crippen LogP contribution in [0.25, 0.3) is 0 Å². The van der Waals surface area contributed by atoms with Crippen molar-refractivity contribution in [1.82, 2.24) is 5.32 Å². The van der Waals surface area contributed by atoms with Gasteiger partial charge in [-0.05, 0) is 55.5 Å². The minimum Gasteiger partial charge on any atom is -0.497 e. The molecule has 0 radical (unpaired) electrons. The molecule has 0 aromatic heterocycles. The maximum absolute atomic E-state index is 5.27.